The summed E-state index contributed by atoms with van der Waals surface area (Å²) in [5, 5.41) is 3.61. The average Bonchev–Trinajstić information content (AvgIpc) is 2.94. The number of aromatic nitrogens is 2. The van der Waals surface area contributed by atoms with E-state index in [1.54, 1.807) is 22.6 Å². The second kappa shape index (κ2) is 12.6. The summed E-state index contributed by atoms with van der Waals surface area (Å²) in [5.74, 6) is 1.20. The third-order valence-corrected chi connectivity index (χ3v) is 6.78. The summed E-state index contributed by atoms with van der Waals surface area (Å²) in [6, 6.07) is 19.8. The Kier molecular flexibility index (Phi) is 8.99. The quantitative estimate of drug-likeness (QED) is 0.272. The standard InChI is InChI=1S/C31H36N4O4/c1-6-27(34(19-20-38-5)31(37)33-28-21(3)11-10-12-22(28)4)29-32-26-14-9-8-13-25(26)30(36)35(29)23-15-17-24(18-16-23)39-7-2/h8-18,27H,6-7,19-20H2,1-5H3,(H,33,37). The molecule has 0 saturated carbocycles. The van der Waals surface area contributed by atoms with Crippen molar-refractivity contribution in [3.8, 4) is 11.4 Å². The number of ether oxygens (including phenoxy) is 2. The molecular formula is C31H36N4O4. The normalized spacial score (nSPS) is 11.8. The number of nitrogens with zero attached hydrogens (tertiary/aromatic N) is 3. The second-order valence-corrected chi connectivity index (χ2v) is 9.36. The number of hydrogen-bond acceptors (Lipinski definition) is 5. The van der Waals surface area contributed by atoms with E-state index >= 15 is 0 Å². The molecule has 0 aliphatic heterocycles. The summed E-state index contributed by atoms with van der Waals surface area (Å²) in [4.78, 5) is 34.4. The van der Waals surface area contributed by atoms with Crippen molar-refractivity contribution in [3.05, 3.63) is 94.0 Å². The highest BCUT2D eigenvalue weighted by molar-refractivity contribution is 5.91. The number of amides is 2. The van der Waals surface area contributed by atoms with E-state index in [4.69, 9.17) is 14.5 Å². The lowest BCUT2D eigenvalue weighted by molar-refractivity contribution is 0.131. The fraction of sp³-hybridized carbons (Fsp3) is 0.323. The van der Waals surface area contributed by atoms with Crippen molar-refractivity contribution in [3.63, 3.8) is 0 Å². The molecule has 0 saturated heterocycles. The van der Waals surface area contributed by atoms with Crippen LogP contribution in [0, 0.1) is 13.8 Å². The molecule has 0 fully saturated rings. The maximum Gasteiger partial charge on any atom is 0.322 e. The highest BCUT2D eigenvalue weighted by Crippen LogP contribution is 2.28. The molecule has 8 nitrogen and oxygen atoms in total. The Morgan fingerprint density at radius 3 is 2.33 bits per heavy atom. The highest BCUT2D eigenvalue weighted by Gasteiger charge is 2.29. The fourth-order valence-corrected chi connectivity index (χ4v) is 4.80. The van der Waals surface area contributed by atoms with E-state index in [0.717, 1.165) is 16.8 Å². The SMILES string of the molecule is CCOc1ccc(-n2c(C(CC)N(CCOC)C(=O)Nc3c(C)cccc3C)nc3ccccc3c2=O)cc1. The summed E-state index contributed by atoms with van der Waals surface area (Å²) in [5.41, 5.74) is 3.75. The number of nitrogens with one attached hydrogen (secondary N) is 1. The molecule has 0 bridgehead atoms. The first-order valence-corrected chi connectivity index (χ1v) is 13.3. The Balaban J connectivity index is 1.86. The van der Waals surface area contributed by atoms with Crippen molar-refractivity contribution in [2.75, 3.05) is 32.2 Å². The summed E-state index contributed by atoms with van der Waals surface area (Å²) >= 11 is 0. The van der Waals surface area contributed by atoms with Gasteiger partial charge in [0.2, 0.25) is 0 Å². The molecule has 39 heavy (non-hydrogen) atoms. The van der Waals surface area contributed by atoms with E-state index in [0.29, 0.717) is 54.3 Å². The first-order valence-electron chi connectivity index (χ1n) is 13.3. The van der Waals surface area contributed by atoms with Crippen molar-refractivity contribution < 1.29 is 14.3 Å². The van der Waals surface area contributed by atoms with E-state index < -0.39 is 6.04 Å². The van der Waals surface area contributed by atoms with Crippen molar-refractivity contribution in [1.29, 1.82) is 0 Å². The minimum Gasteiger partial charge on any atom is -0.494 e. The van der Waals surface area contributed by atoms with E-state index in [9.17, 15) is 9.59 Å². The predicted molar refractivity (Wildman–Crippen MR) is 155 cm³/mol. The van der Waals surface area contributed by atoms with Gasteiger partial charge in [-0.1, -0.05) is 37.3 Å². The van der Waals surface area contributed by atoms with Gasteiger partial charge in [-0.15, -0.1) is 0 Å². The Hall–Kier alpha value is -4.17. The number of methoxy groups -OCH3 is 1. The van der Waals surface area contributed by atoms with Gasteiger partial charge >= 0.3 is 6.03 Å². The van der Waals surface area contributed by atoms with Crippen LogP contribution in [0.4, 0.5) is 10.5 Å². The van der Waals surface area contributed by atoms with E-state index in [2.05, 4.69) is 5.32 Å². The van der Waals surface area contributed by atoms with Gasteiger partial charge in [0, 0.05) is 19.3 Å². The van der Waals surface area contributed by atoms with Crippen LogP contribution >= 0.6 is 0 Å². The lowest BCUT2D eigenvalue weighted by atomic mass is 10.1. The number of para-hydroxylation sites is 2. The van der Waals surface area contributed by atoms with Crippen LogP contribution in [0.5, 0.6) is 5.75 Å². The van der Waals surface area contributed by atoms with Gasteiger partial charge in [-0.05, 0) is 74.7 Å². The van der Waals surface area contributed by atoms with Crippen LogP contribution in [0.25, 0.3) is 16.6 Å². The molecule has 4 aromatic rings. The topological polar surface area (TPSA) is 85.7 Å². The first-order chi connectivity index (χ1) is 18.9. The Bertz CT molecular complexity index is 1480. The van der Waals surface area contributed by atoms with Crippen LogP contribution < -0.4 is 15.6 Å². The van der Waals surface area contributed by atoms with Crippen molar-refractivity contribution in [1.82, 2.24) is 14.5 Å². The molecule has 0 aliphatic carbocycles. The Morgan fingerprint density at radius 2 is 1.69 bits per heavy atom. The lowest BCUT2D eigenvalue weighted by Gasteiger charge is -2.32. The third-order valence-electron chi connectivity index (χ3n) is 6.78. The number of carbonyl (C=O) groups excluding carboxylic acids is 1. The number of rotatable bonds is 10. The Labute approximate surface area is 229 Å². The summed E-state index contributed by atoms with van der Waals surface area (Å²) in [6.07, 6.45) is 0.533. The molecule has 8 heteroatoms. The number of aryl methyl sites for hydroxylation is 2. The first kappa shape index (κ1) is 27.9. The molecule has 4 rings (SSSR count). The Morgan fingerprint density at radius 1 is 1.00 bits per heavy atom. The molecule has 1 N–H and O–H groups in total. The molecule has 1 unspecified atom stereocenters. The number of carbonyl (C=O) groups is 1. The van der Waals surface area contributed by atoms with Gasteiger partial charge in [-0.2, -0.15) is 0 Å². The number of hydrogen-bond donors (Lipinski definition) is 1. The minimum absolute atomic E-state index is 0.194. The van der Waals surface area contributed by atoms with Gasteiger partial charge in [0.25, 0.3) is 5.56 Å². The van der Waals surface area contributed by atoms with Gasteiger partial charge in [0.1, 0.15) is 11.6 Å². The van der Waals surface area contributed by atoms with Crippen LogP contribution in [0.15, 0.2) is 71.5 Å². The van der Waals surface area contributed by atoms with Gasteiger partial charge < -0.3 is 19.7 Å². The molecule has 204 valence electrons. The van der Waals surface area contributed by atoms with Crippen molar-refractivity contribution in [2.24, 2.45) is 0 Å². The van der Waals surface area contributed by atoms with Crippen LogP contribution in [0.1, 0.15) is 43.3 Å². The molecule has 2 amide bonds. The molecule has 1 heterocycles. The van der Waals surface area contributed by atoms with Gasteiger partial charge in [0.05, 0.1) is 35.8 Å². The largest absolute Gasteiger partial charge is 0.494 e. The molecule has 0 radical (unpaired) electrons. The molecule has 0 aliphatic rings. The number of anilines is 1. The zero-order valence-electron chi connectivity index (χ0n) is 23.2. The second-order valence-electron chi connectivity index (χ2n) is 9.36. The molecule has 3 aromatic carbocycles. The maximum absolute atomic E-state index is 13.9. The molecule has 0 spiro atoms. The maximum atomic E-state index is 13.9. The van der Waals surface area contributed by atoms with Gasteiger partial charge in [-0.25, -0.2) is 9.78 Å². The van der Waals surface area contributed by atoms with Crippen LogP contribution in [0.3, 0.4) is 0 Å². The van der Waals surface area contributed by atoms with Crippen LogP contribution in [0.2, 0.25) is 0 Å². The summed E-state index contributed by atoms with van der Waals surface area (Å²) in [6.45, 7) is 9.04. The van der Waals surface area contributed by atoms with E-state index in [1.807, 2.05) is 88.4 Å². The fourth-order valence-electron chi connectivity index (χ4n) is 4.80. The smallest absolute Gasteiger partial charge is 0.322 e. The van der Waals surface area contributed by atoms with Crippen LogP contribution in [-0.2, 0) is 4.74 Å². The zero-order chi connectivity index (χ0) is 27.9. The van der Waals surface area contributed by atoms with E-state index in [-0.39, 0.29) is 11.6 Å². The van der Waals surface area contributed by atoms with E-state index in [1.165, 1.54) is 0 Å². The average molecular weight is 529 g/mol. The minimum atomic E-state index is -0.506. The lowest BCUT2D eigenvalue weighted by Crippen LogP contribution is -2.42. The predicted octanol–water partition coefficient (Wildman–Crippen LogP) is 6.03. The molecule has 1 atom stereocenters. The molecular weight excluding hydrogens is 492 g/mol. The van der Waals surface area contributed by atoms with Gasteiger partial charge in [-0.3, -0.25) is 9.36 Å². The highest BCUT2D eigenvalue weighted by atomic mass is 16.5. The van der Waals surface area contributed by atoms with Gasteiger partial charge in [0.15, 0.2) is 0 Å². The zero-order valence-corrected chi connectivity index (χ0v) is 23.2. The van der Waals surface area contributed by atoms with Crippen molar-refractivity contribution in [2.45, 2.75) is 40.2 Å². The number of fused-ring (bicyclic) bond motifs is 1. The summed E-state index contributed by atoms with van der Waals surface area (Å²) in [7, 11) is 1.60. The molecule has 1 aromatic heterocycles. The van der Waals surface area contributed by atoms with Crippen LogP contribution in [-0.4, -0.2) is 47.4 Å². The third kappa shape index (κ3) is 5.96. The monoisotopic (exact) mass is 528 g/mol. The number of urea groups is 1. The number of benzene rings is 3. The van der Waals surface area contributed by atoms with Crippen molar-refractivity contribution >= 4 is 22.6 Å². The summed E-state index contributed by atoms with van der Waals surface area (Å²) < 4.78 is 12.6.